The summed E-state index contributed by atoms with van der Waals surface area (Å²) in [7, 11) is 1.76. The minimum absolute atomic E-state index is 0.0489. The topological polar surface area (TPSA) is 79.2 Å². The molecule has 2 atom stereocenters. The van der Waals surface area contributed by atoms with Crippen LogP contribution in [-0.2, 0) is 19.1 Å². The fraction of sp³-hybridized carbons (Fsp3) is 0.412. The van der Waals surface area contributed by atoms with E-state index in [0.717, 1.165) is 5.56 Å². The van der Waals surface area contributed by atoms with E-state index in [-0.39, 0.29) is 24.4 Å². The van der Waals surface area contributed by atoms with Crippen molar-refractivity contribution in [3.05, 3.63) is 53.1 Å². The number of aryl methyl sites for hydroxylation is 1. The Balaban J connectivity index is 1.59. The summed E-state index contributed by atoms with van der Waals surface area (Å²) < 4.78 is 15.3. The van der Waals surface area contributed by atoms with Gasteiger partial charge in [-0.3, -0.25) is 4.68 Å². The molecule has 24 heavy (non-hydrogen) atoms. The van der Waals surface area contributed by atoms with Crippen LogP contribution in [0, 0.1) is 5.82 Å². The van der Waals surface area contributed by atoms with E-state index in [2.05, 4.69) is 15.7 Å². The zero-order chi connectivity index (χ0) is 17.3. The Labute approximate surface area is 139 Å². The second-order valence-electron chi connectivity index (χ2n) is 6.40. The first kappa shape index (κ1) is 16.4. The third-order valence-corrected chi connectivity index (χ3v) is 4.44. The SMILES string of the molecule is Cn1cc(C(C)(O)CNC(=O)NC2CCc3c(F)cccc32)cn1. The molecule has 1 aliphatic rings. The molecule has 1 aromatic carbocycles. The Morgan fingerprint density at radius 2 is 2.33 bits per heavy atom. The number of aromatic nitrogens is 2. The Morgan fingerprint density at radius 3 is 3.04 bits per heavy atom. The predicted octanol–water partition coefficient (Wildman–Crippen LogP) is 1.75. The summed E-state index contributed by atoms with van der Waals surface area (Å²) >= 11 is 0. The van der Waals surface area contributed by atoms with Crippen LogP contribution in [0.3, 0.4) is 0 Å². The summed E-state index contributed by atoms with van der Waals surface area (Å²) in [5.41, 5.74) is 0.901. The van der Waals surface area contributed by atoms with Crippen molar-refractivity contribution in [2.45, 2.75) is 31.4 Å². The molecule has 1 heterocycles. The minimum Gasteiger partial charge on any atom is -0.383 e. The van der Waals surface area contributed by atoms with Crippen molar-refractivity contribution < 1.29 is 14.3 Å². The van der Waals surface area contributed by atoms with Gasteiger partial charge in [-0.15, -0.1) is 0 Å². The number of aliphatic hydroxyl groups is 1. The highest BCUT2D eigenvalue weighted by atomic mass is 19.1. The highest BCUT2D eigenvalue weighted by molar-refractivity contribution is 5.74. The zero-order valence-corrected chi connectivity index (χ0v) is 13.7. The van der Waals surface area contributed by atoms with Gasteiger partial charge in [0.2, 0.25) is 0 Å². The number of hydrogen-bond acceptors (Lipinski definition) is 3. The van der Waals surface area contributed by atoms with E-state index in [4.69, 9.17) is 0 Å². The van der Waals surface area contributed by atoms with Crippen molar-refractivity contribution in [2.75, 3.05) is 6.54 Å². The van der Waals surface area contributed by atoms with Gasteiger partial charge in [0.25, 0.3) is 0 Å². The largest absolute Gasteiger partial charge is 0.383 e. The fourth-order valence-electron chi connectivity index (χ4n) is 3.02. The van der Waals surface area contributed by atoms with Gasteiger partial charge in [0.05, 0.1) is 18.8 Å². The lowest BCUT2D eigenvalue weighted by Crippen LogP contribution is -2.44. The van der Waals surface area contributed by atoms with Crippen LogP contribution in [0.2, 0.25) is 0 Å². The van der Waals surface area contributed by atoms with E-state index in [0.29, 0.717) is 24.0 Å². The van der Waals surface area contributed by atoms with E-state index in [1.165, 1.54) is 6.07 Å². The second kappa shape index (κ2) is 6.24. The van der Waals surface area contributed by atoms with Crippen molar-refractivity contribution in [3.63, 3.8) is 0 Å². The number of rotatable bonds is 4. The molecular weight excluding hydrogens is 311 g/mol. The smallest absolute Gasteiger partial charge is 0.315 e. The summed E-state index contributed by atoms with van der Waals surface area (Å²) in [6, 6.07) is 4.33. The van der Waals surface area contributed by atoms with Gasteiger partial charge in [0.15, 0.2) is 0 Å². The van der Waals surface area contributed by atoms with Gasteiger partial charge in [0.1, 0.15) is 11.4 Å². The third-order valence-electron chi connectivity index (χ3n) is 4.44. The zero-order valence-electron chi connectivity index (χ0n) is 13.7. The molecule has 0 spiro atoms. The molecular formula is C17H21FN4O2. The van der Waals surface area contributed by atoms with Crippen molar-refractivity contribution in [3.8, 4) is 0 Å². The van der Waals surface area contributed by atoms with Crippen LogP contribution in [0.5, 0.6) is 0 Å². The highest BCUT2D eigenvalue weighted by Crippen LogP contribution is 2.32. The molecule has 0 saturated heterocycles. The molecule has 2 amide bonds. The molecule has 0 radical (unpaired) electrons. The Morgan fingerprint density at radius 1 is 1.54 bits per heavy atom. The van der Waals surface area contributed by atoms with Crippen molar-refractivity contribution in [1.82, 2.24) is 20.4 Å². The number of nitrogens with zero attached hydrogens (tertiary/aromatic N) is 2. The molecule has 3 rings (SSSR count). The van der Waals surface area contributed by atoms with Gasteiger partial charge < -0.3 is 15.7 Å². The Bertz CT molecular complexity index is 757. The predicted molar refractivity (Wildman–Crippen MR) is 86.8 cm³/mol. The van der Waals surface area contributed by atoms with Crippen LogP contribution in [-0.4, -0.2) is 27.5 Å². The van der Waals surface area contributed by atoms with Crippen LogP contribution in [0.4, 0.5) is 9.18 Å². The van der Waals surface area contributed by atoms with E-state index in [1.807, 2.05) is 6.07 Å². The number of hydrogen-bond donors (Lipinski definition) is 3. The van der Waals surface area contributed by atoms with E-state index in [9.17, 15) is 14.3 Å². The lowest BCUT2D eigenvalue weighted by atomic mass is 10.00. The molecule has 0 saturated carbocycles. The third kappa shape index (κ3) is 3.26. The summed E-state index contributed by atoms with van der Waals surface area (Å²) in [5.74, 6) is -0.225. The normalized spacial score (nSPS) is 18.8. The standard InChI is InChI=1S/C17H21FN4O2/c1-17(24,11-8-20-22(2)9-11)10-19-16(23)21-15-7-6-12-13(15)4-3-5-14(12)18/h3-5,8-9,15,24H,6-7,10H2,1-2H3,(H2,19,21,23). The summed E-state index contributed by atoms with van der Waals surface area (Å²) in [6.45, 7) is 1.66. The van der Waals surface area contributed by atoms with Gasteiger partial charge in [-0.05, 0) is 37.0 Å². The minimum atomic E-state index is -1.22. The van der Waals surface area contributed by atoms with Crippen LogP contribution in [0.25, 0.3) is 0 Å². The monoisotopic (exact) mass is 332 g/mol. The van der Waals surface area contributed by atoms with E-state index < -0.39 is 5.60 Å². The molecule has 6 nitrogen and oxygen atoms in total. The lowest BCUT2D eigenvalue weighted by molar-refractivity contribution is 0.0592. The number of benzene rings is 1. The van der Waals surface area contributed by atoms with E-state index >= 15 is 0 Å². The average molecular weight is 332 g/mol. The number of halogens is 1. The maximum Gasteiger partial charge on any atom is 0.315 e. The Hall–Kier alpha value is -2.41. The fourth-order valence-corrected chi connectivity index (χ4v) is 3.02. The van der Waals surface area contributed by atoms with Crippen molar-refractivity contribution in [2.24, 2.45) is 7.05 Å². The first-order valence-corrected chi connectivity index (χ1v) is 7.90. The number of carbonyl (C=O) groups excluding carboxylic acids is 1. The average Bonchev–Trinajstić information content (AvgIpc) is 3.14. The van der Waals surface area contributed by atoms with Gasteiger partial charge in [-0.25, -0.2) is 9.18 Å². The molecule has 1 aromatic heterocycles. The number of carbonyl (C=O) groups is 1. The lowest BCUT2D eigenvalue weighted by Gasteiger charge is -2.23. The molecule has 3 N–H and O–H groups in total. The van der Waals surface area contributed by atoms with Gasteiger partial charge in [-0.2, -0.15) is 5.10 Å². The highest BCUT2D eigenvalue weighted by Gasteiger charge is 2.28. The molecule has 0 bridgehead atoms. The van der Waals surface area contributed by atoms with Crippen LogP contribution < -0.4 is 10.6 Å². The van der Waals surface area contributed by atoms with Crippen LogP contribution in [0.1, 0.15) is 36.1 Å². The maximum absolute atomic E-state index is 13.7. The van der Waals surface area contributed by atoms with Crippen molar-refractivity contribution >= 4 is 6.03 Å². The maximum atomic E-state index is 13.7. The van der Waals surface area contributed by atoms with Crippen molar-refractivity contribution in [1.29, 1.82) is 0 Å². The number of urea groups is 1. The van der Waals surface area contributed by atoms with Gasteiger partial charge in [0, 0.05) is 18.8 Å². The molecule has 0 aliphatic heterocycles. The van der Waals surface area contributed by atoms with E-state index in [1.54, 1.807) is 37.1 Å². The van der Waals surface area contributed by atoms with Crippen LogP contribution in [0.15, 0.2) is 30.6 Å². The number of amides is 2. The second-order valence-corrected chi connectivity index (χ2v) is 6.40. The molecule has 7 heteroatoms. The number of nitrogens with one attached hydrogen (secondary N) is 2. The molecule has 0 fully saturated rings. The molecule has 1 aliphatic carbocycles. The first-order chi connectivity index (χ1) is 11.4. The Kier molecular flexibility index (Phi) is 4.28. The molecule has 2 aromatic rings. The summed E-state index contributed by atoms with van der Waals surface area (Å²) in [4.78, 5) is 12.1. The van der Waals surface area contributed by atoms with Crippen LogP contribution >= 0.6 is 0 Å². The van der Waals surface area contributed by atoms with Gasteiger partial charge in [-0.1, -0.05) is 12.1 Å². The molecule has 128 valence electrons. The molecule has 2 unspecified atom stereocenters. The summed E-state index contributed by atoms with van der Waals surface area (Å²) in [5, 5.41) is 20.0. The quantitative estimate of drug-likeness (QED) is 0.798. The first-order valence-electron chi connectivity index (χ1n) is 7.90. The number of fused-ring (bicyclic) bond motifs is 1. The van der Waals surface area contributed by atoms with Gasteiger partial charge >= 0.3 is 6.03 Å². The summed E-state index contributed by atoms with van der Waals surface area (Å²) in [6.07, 6.45) is 4.55.